The fraction of sp³-hybridized carbons (Fsp3) is 0.429. The number of nitrogens with one attached hydrogen (secondary N) is 2. The van der Waals surface area contributed by atoms with E-state index < -0.39 is 0 Å². The Bertz CT molecular complexity index is 1410. The molecular weight excluding hydrogens is 539 g/mol. The first kappa shape index (κ1) is 30.8. The van der Waals surface area contributed by atoms with Gasteiger partial charge in [-0.1, -0.05) is 36.4 Å². The molecule has 0 unspecified atom stereocenters. The van der Waals surface area contributed by atoms with E-state index in [0.717, 1.165) is 88.6 Å². The number of carbonyl (C=O) groups is 1. The molecule has 5 rings (SSSR count). The Kier molecular flexibility index (Phi) is 10.9. The quantitative estimate of drug-likeness (QED) is 0.321. The van der Waals surface area contributed by atoms with Crippen molar-refractivity contribution in [2.75, 3.05) is 52.4 Å². The fourth-order valence-electron chi connectivity index (χ4n) is 6.06. The summed E-state index contributed by atoms with van der Waals surface area (Å²) >= 11 is 0. The number of nitrogens with zero attached hydrogens (tertiary/aromatic N) is 4. The van der Waals surface area contributed by atoms with Crippen LogP contribution in [0.4, 0.5) is 4.39 Å². The van der Waals surface area contributed by atoms with Crippen LogP contribution in [0.5, 0.6) is 0 Å². The van der Waals surface area contributed by atoms with E-state index in [2.05, 4.69) is 56.5 Å². The number of hydrogen-bond donors (Lipinski definition) is 2. The van der Waals surface area contributed by atoms with Gasteiger partial charge in [0, 0.05) is 89.0 Å². The van der Waals surface area contributed by atoms with Gasteiger partial charge in [-0.15, -0.1) is 0 Å². The minimum absolute atomic E-state index is 0.137. The highest BCUT2D eigenvalue weighted by Crippen LogP contribution is 2.26. The molecule has 2 heterocycles. The smallest absolute Gasteiger partial charge is 0.251 e. The molecule has 0 aromatic heterocycles. The van der Waals surface area contributed by atoms with Gasteiger partial charge in [0.1, 0.15) is 5.82 Å². The summed E-state index contributed by atoms with van der Waals surface area (Å²) in [5.41, 5.74) is 5.17. The van der Waals surface area contributed by atoms with Crippen LogP contribution in [0, 0.1) is 17.1 Å². The van der Waals surface area contributed by atoms with Gasteiger partial charge >= 0.3 is 0 Å². The summed E-state index contributed by atoms with van der Waals surface area (Å²) < 4.78 is 15.0. The second-order valence-corrected chi connectivity index (χ2v) is 11.9. The van der Waals surface area contributed by atoms with Gasteiger partial charge in [0.05, 0.1) is 6.07 Å². The van der Waals surface area contributed by atoms with Crippen molar-refractivity contribution in [2.24, 2.45) is 0 Å². The number of hydrogen-bond acceptors (Lipinski definition) is 6. The highest BCUT2D eigenvalue weighted by Gasteiger charge is 2.18. The van der Waals surface area contributed by atoms with E-state index in [1.54, 1.807) is 6.07 Å². The van der Waals surface area contributed by atoms with Crippen LogP contribution in [0.15, 0.2) is 66.7 Å². The highest BCUT2D eigenvalue weighted by molar-refractivity contribution is 5.94. The van der Waals surface area contributed by atoms with Gasteiger partial charge in [0.2, 0.25) is 0 Å². The number of unbranched alkanes of at least 4 members (excludes halogenated alkanes) is 1. The van der Waals surface area contributed by atoms with E-state index in [-0.39, 0.29) is 11.7 Å². The molecule has 0 aliphatic carbocycles. The Morgan fingerprint density at radius 3 is 2.47 bits per heavy atom. The highest BCUT2D eigenvalue weighted by atomic mass is 19.1. The third-order valence-corrected chi connectivity index (χ3v) is 8.40. The van der Waals surface area contributed by atoms with Crippen molar-refractivity contribution < 1.29 is 9.18 Å². The number of halogens is 1. The van der Waals surface area contributed by atoms with E-state index in [4.69, 9.17) is 5.26 Å². The zero-order valence-corrected chi connectivity index (χ0v) is 25.2. The summed E-state index contributed by atoms with van der Waals surface area (Å²) in [4.78, 5) is 20.3. The van der Waals surface area contributed by atoms with Crippen LogP contribution >= 0.6 is 0 Å². The van der Waals surface area contributed by atoms with E-state index in [0.29, 0.717) is 30.1 Å². The van der Waals surface area contributed by atoms with E-state index >= 15 is 0 Å². The minimum atomic E-state index is -0.265. The standard InChI is InChI=1S/C35H43FN6O/c1-27-24-42(15-13-38-27)26-29-6-4-8-31(20-29)33-22-28(10-11-34(33)36)23-39-35(43)32-9-5-7-30(21-32)25-41-18-16-40(17-19-41)14-3-2-12-37/h4-11,20-22,27,38H,2-3,13-19,23-26H2,1H3,(H,39,43)/t27-/m0/s1. The molecule has 1 atom stereocenters. The molecule has 0 saturated carbocycles. The summed E-state index contributed by atoms with van der Waals surface area (Å²) in [6.07, 6.45) is 1.54. The van der Waals surface area contributed by atoms with Crippen LogP contribution in [-0.2, 0) is 19.6 Å². The molecule has 3 aromatic carbocycles. The molecule has 8 heteroatoms. The van der Waals surface area contributed by atoms with E-state index in [1.807, 2.05) is 36.4 Å². The Balaban J connectivity index is 1.16. The van der Waals surface area contributed by atoms with Gasteiger partial charge < -0.3 is 15.5 Å². The Morgan fingerprint density at radius 1 is 0.930 bits per heavy atom. The van der Waals surface area contributed by atoms with Crippen molar-refractivity contribution in [2.45, 2.75) is 45.4 Å². The van der Waals surface area contributed by atoms with Gasteiger partial charge in [-0.2, -0.15) is 5.26 Å². The number of benzene rings is 3. The molecule has 0 spiro atoms. The first-order valence-electron chi connectivity index (χ1n) is 15.5. The van der Waals surface area contributed by atoms with Crippen molar-refractivity contribution in [3.63, 3.8) is 0 Å². The molecule has 2 aliphatic heterocycles. The summed E-state index contributed by atoms with van der Waals surface area (Å²) in [7, 11) is 0. The average Bonchev–Trinajstić information content (AvgIpc) is 3.02. The van der Waals surface area contributed by atoms with Crippen LogP contribution in [0.25, 0.3) is 11.1 Å². The topological polar surface area (TPSA) is 74.6 Å². The molecule has 2 saturated heterocycles. The lowest BCUT2D eigenvalue weighted by Crippen LogP contribution is -2.48. The molecule has 0 radical (unpaired) electrons. The third kappa shape index (κ3) is 8.94. The van der Waals surface area contributed by atoms with E-state index in [1.165, 1.54) is 11.6 Å². The zero-order chi connectivity index (χ0) is 30.0. The second kappa shape index (κ2) is 15.2. The second-order valence-electron chi connectivity index (χ2n) is 11.9. The molecule has 43 heavy (non-hydrogen) atoms. The predicted octanol–water partition coefficient (Wildman–Crippen LogP) is 4.64. The van der Waals surface area contributed by atoms with Gasteiger partial charge in [-0.05, 0) is 72.5 Å². The van der Waals surface area contributed by atoms with Crippen molar-refractivity contribution in [1.82, 2.24) is 25.3 Å². The first-order chi connectivity index (χ1) is 21.0. The summed E-state index contributed by atoms with van der Waals surface area (Å²) in [5, 5.41) is 15.3. The summed E-state index contributed by atoms with van der Waals surface area (Å²) in [5.74, 6) is -0.402. The lowest BCUT2D eigenvalue weighted by atomic mass is 10.00. The number of nitriles is 1. The molecule has 2 aliphatic rings. The van der Waals surface area contributed by atoms with Crippen LogP contribution in [0.3, 0.4) is 0 Å². The molecule has 2 fully saturated rings. The van der Waals surface area contributed by atoms with Gasteiger partial charge in [0.25, 0.3) is 5.91 Å². The Morgan fingerprint density at radius 2 is 1.67 bits per heavy atom. The van der Waals surface area contributed by atoms with Crippen LogP contribution in [-0.4, -0.2) is 79.0 Å². The number of amides is 1. The van der Waals surface area contributed by atoms with E-state index in [9.17, 15) is 9.18 Å². The maximum Gasteiger partial charge on any atom is 0.251 e. The van der Waals surface area contributed by atoms with Gasteiger partial charge in [-0.3, -0.25) is 14.6 Å². The first-order valence-corrected chi connectivity index (χ1v) is 15.5. The Hall–Kier alpha value is -3.61. The average molecular weight is 583 g/mol. The predicted molar refractivity (Wildman–Crippen MR) is 169 cm³/mol. The van der Waals surface area contributed by atoms with Crippen LogP contribution in [0.1, 0.15) is 46.8 Å². The fourth-order valence-corrected chi connectivity index (χ4v) is 6.06. The molecule has 3 aromatic rings. The van der Waals surface area contributed by atoms with Crippen molar-refractivity contribution in [3.8, 4) is 17.2 Å². The van der Waals surface area contributed by atoms with Crippen LogP contribution < -0.4 is 10.6 Å². The molecular formula is C35H43FN6O. The normalized spacial score (nSPS) is 18.3. The molecule has 1 amide bonds. The van der Waals surface area contributed by atoms with Gasteiger partial charge in [0.15, 0.2) is 0 Å². The minimum Gasteiger partial charge on any atom is -0.348 e. The summed E-state index contributed by atoms with van der Waals surface area (Å²) in [6, 6.07) is 23.7. The van der Waals surface area contributed by atoms with Crippen molar-refractivity contribution in [3.05, 3.63) is 94.8 Å². The number of rotatable bonds is 11. The Labute approximate surface area is 255 Å². The lowest BCUT2D eigenvalue weighted by molar-refractivity contribution is 0.0950. The largest absolute Gasteiger partial charge is 0.348 e. The number of piperazine rings is 2. The van der Waals surface area contributed by atoms with Gasteiger partial charge in [-0.25, -0.2) is 4.39 Å². The summed E-state index contributed by atoms with van der Waals surface area (Å²) in [6.45, 7) is 12.1. The number of carbonyl (C=O) groups excluding carboxylic acids is 1. The van der Waals surface area contributed by atoms with Crippen LogP contribution in [0.2, 0.25) is 0 Å². The molecule has 2 N–H and O–H groups in total. The molecule has 7 nitrogen and oxygen atoms in total. The SMILES string of the molecule is C[C@H]1CN(Cc2cccc(-c3cc(CNC(=O)c4cccc(CN5CCN(CCCC#N)CC5)c4)ccc3F)c2)CCN1. The maximum atomic E-state index is 15.0. The zero-order valence-electron chi connectivity index (χ0n) is 25.2. The van der Waals surface area contributed by atoms with Crippen molar-refractivity contribution in [1.29, 1.82) is 5.26 Å². The molecule has 226 valence electrons. The third-order valence-electron chi connectivity index (χ3n) is 8.40. The monoisotopic (exact) mass is 582 g/mol. The molecule has 0 bridgehead atoms. The van der Waals surface area contributed by atoms with Crippen molar-refractivity contribution >= 4 is 5.91 Å². The maximum absolute atomic E-state index is 15.0. The lowest BCUT2D eigenvalue weighted by Gasteiger charge is -2.34.